The molecule has 4 N–H and O–H groups in total. The summed E-state index contributed by atoms with van der Waals surface area (Å²) in [6.45, 7) is 7.83. The van der Waals surface area contributed by atoms with Gasteiger partial charge < -0.3 is 21.3 Å². The molecule has 1 aliphatic carbocycles. The maximum Gasteiger partial charge on any atom is 0.238 e. The number of benzene rings is 2. The van der Waals surface area contributed by atoms with Crippen molar-refractivity contribution in [2.75, 3.05) is 23.7 Å². The van der Waals surface area contributed by atoms with Gasteiger partial charge in [-0.1, -0.05) is 52.0 Å². The molecule has 0 spiro atoms. The Morgan fingerprint density at radius 3 is 1.47 bits per heavy atom. The highest BCUT2D eigenvalue weighted by atomic mass is 16.2. The zero-order valence-electron chi connectivity index (χ0n) is 18.7. The third-order valence-electron chi connectivity index (χ3n) is 4.96. The first-order valence-electron chi connectivity index (χ1n) is 10.6. The van der Waals surface area contributed by atoms with Gasteiger partial charge in [-0.3, -0.25) is 19.2 Å². The molecule has 0 bridgehead atoms. The summed E-state index contributed by atoms with van der Waals surface area (Å²) in [7, 11) is 0. The highest BCUT2D eigenvalue weighted by Gasteiger charge is 2.34. The van der Waals surface area contributed by atoms with E-state index in [1.807, 2.05) is 27.7 Å². The van der Waals surface area contributed by atoms with Crippen molar-refractivity contribution >= 4 is 34.8 Å². The highest BCUT2D eigenvalue weighted by Crippen LogP contribution is 2.35. The lowest BCUT2D eigenvalue weighted by Gasteiger charge is -2.23. The molecule has 0 heterocycles. The van der Waals surface area contributed by atoms with Crippen LogP contribution < -0.4 is 21.3 Å². The number of hydrogen-bond acceptors (Lipinski definition) is 6. The lowest BCUT2D eigenvalue weighted by Crippen LogP contribution is -2.34. The summed E-state index contributed by atoms with van der Waals surface area (Å²) in [5, 5.41) is 11.5. The third-order valence-corrected chi connectivity index (χ3v) is 4.96. The van der Waals surface area contributed by atoms with Crippen LogP contribution in [0.1, 0.15) is 59.5 Å². The SMILES string of the molecule is CC(C)NCC(=O)Nc1cccc2c1C(=O)c1c(NC(=O)CNC(C)C)cccc1C2=O. The van der Waals surface area contributed by atoms with Gasteiger partial charge in [-0.2, -0.15) is 0 Å². The molecule has 0 radical (unpaired) electrons. The summed E-state index contributed by atoms with van der Waals surface area (Å²) in [4.78, 5) is 51.3. The molecule has 168 valence electrons. The van der Waals surface area contributed by atoms with Crippen LogP contribution in [0.5, 0.6) is 0 Å². The number of anilines is 2. The number of ketones is 2. The normalized spacial score (nSPS) is 12.6. The summed E-state index contributed by atoms with van der Waals surface area (Å²) < 4.78 is 0. The first-order valence-corrected chi connectivity index (χ1v) is 10.6. The second-order valence-electron chi connectivity index (χ2n) is 8.28. The molecular formula is C24H28N4O4. The average molecular weight is 437 g/mol. The fourth-order valence-electron chi connectivity index (χ4n) is 3.43. The van der Waals surface area contributed by atoms with Gasteiger partial charge in [0.15, 0.2) is 11.6 Å². The maximum absolute atomic E-state index is 13.5. The maximum atomic E-state index is 13.5. The largest absolute Gasteiger partial charge is 0.324 e. The molecule has 2 aromatic carbocycles. The van der Waals surface area contributed by atoms with Crippen molar-refractivity contribution in [3.8, 4) is 0 Å². The summed E-state index contributed by atoms with van der Waals surface area (Å²) in [5.41, 5.74) is 1.24. The minimum Gasteiger partial charge on any atom is -0.324 e. The predicted molar refractivity (Wildman–Crippen MR) is 123 cm³/mol. The Balaban J connectivity index is 1.94. The lowest BCUT2D eigenvalue weighted by molar-refractivity contribution is -0.116. The van der Waals surface area contributed by atoms with Crippen molar-refractivity contribution in [3.63, 3.8) is 0 Å². The molecule has 32 heavy (non-hydrogen) atoms. The van der Waals surface area contributed by atoms with Gasteiger partial charge in [0.1, 0.15) is 0 Å². The smallest absolute Gasteiger partial charge is 0.238 e. The minimum absolute atomic E-state index is 0.0736. The van der Waals surface area contributed by atoms with Gasteiger partial charge in [0, 0.05) is 23.2 Å². The first-order chi connectivity index (χ1) is 15.2. The monoisotopic (exact) mass is 436 g/mol. The molecule has 1 aliphatic rings. The van der Waals surface area contributed by atoms with Crippen LogP contribution in [0.25, 0.3) is 0 Å². The molecule has 0 aromatic heterocycles. The summed E-state index contributed by atoms with van der Waals surface area (Å²) in [6.07, 6.45) is 0. The number of hydrogen-bond donors (Lipinski definition) is 4. The van der Waals surface area contributed by atoms with Gasteiger partial charge in [-0.15, -0.1) is 0 Å². The molecule has 0 saturated carbocycles. The zero-order valence-corrected chi connectivity index (χ0v) is 18.7. The van der Waals surface area contributed by atoms with Crippen LogP contribution in [0.4, 0.5) is 11.4 Å². The molecule has 8 nitrogen and oxygen atoms in total. The van der Waals surface area contributed by atoms with Crippen LogP contribution in [0.2, 0.25) is 0 Å². The van der Waals surface area contributed by atoms with Crippen molar-refractivity contribution in [3.05, 3.63) is 58.7 Å². The van der Waals surface area contributed by atoms with E-state index in [2.05, 4.69) is 21.3 Å². The fraction of sp³-hybridized carbons (Fsp3) is 0.333. The number of rotatable bonds is 8. The van der Waals surface area contributed by atoms with Gasteiger partial charge in [0.2, 0.25) is 11.8 Å². The summed E-state index contributed by atoms with van der Waals surface area (Å²) in [6, 6.07) is 9.82. The number of carbonyl (C=O) groups excluding carboxylic acids is 4. The molecule has 0 atom stereocenters. The Morgan fingerprint density at radius 2 is 1.09 bits per heavy atom. The van der Waals surface area contributed by atoms with E-state index in [4.69, 9.17) is 0 Å². The van der Waals surface area contributed by atoms with Crippen molar-refractivity contribution in [2.24, 2.45) is 0 Å². The molecular weight excluding hydrogens is 408 g/mol. The number of nitrogens with one attached hydrogen (secondary N) is 4. The molecule has 3 rings (SSSR count). The van der Waals surface area contributed by atoms with Crippen LogP contribution >= 0.6 is 0 Å². The van der Waals surface area contributed by atoms with Gasteiger partial charge >= 0.3 is 0 Å². The van der Waals surface area contributed by atoms with E-state index < -0.39 is 5.78 Å². The van der Waals surface area contributed by atoms with Crippen LogP contribution in [-0.2, 0) is 9.59 Å². The van der Waals surface area contributed by atoms with Crippen molar-refractivity contribution in [1.29, 1.82) is 0 Å². The molecule has 0 unspecified atom stereocenters. The highest BCUT2D eigenvalue weighted by molar-refractivity contribution is 6.32. The van der Waals surface area contributed by atoms with E-state index in [9.17, 15) is 19.2 Å². The third kappa shape index (κ3) is 5.09. The quantitative estimate of drug-likeness (QED) is 0.431. The molecule has 2 aromatic rings. The topological polar surface area (TPSA) is 116 Å². The van der Waals surface area contributed by atoms with E-state index in [0.29, 0.717) is 0 Å². The van der Waals surface area contributed by atoms with E-state index in [1.54, 1.807) is 36.4 Å². The number of fused-ring (bicyclic) bond motifs is 2. The molecule has 8 heteroatoms. The van der Waals surface area contributed by atoms with Gasteiger partial charge in [0.25, 0.3) is 0 Å². The first kappa shape index (κ1) is 23.3. The van der Waals surface area contributed by atoms with E-state index in [-0.39, 0.29) is 76.4 Å². The number of amides is 2. The summed E-state index contributed by atoms with van der Waals surface area (Å²) in [5.74, 6) is -1.39. The Hall–Kier alpha value is -3.36. The van der Waals surface area contributed by atoms with E-state index in [1.165, 1.54) is 0 Å². The average Bonchev–Trinajstić information content (AvgIpc) is 2.74. The minimum atomic E-state index is -0.421. The fourth-order valence-corrected chi connectivity index (χ4v) is 3.43. The Morgan fingerprint density at radius 1 is 0.688 bits per heavy atom. The van der Waals surface area contributed by atoms with E-state index >= 15 is 0 Å². The summed E-state index contributed by atoms with van der Waals surface area (Å²) >= 11 is 0. The van der Waals surface area contributed by atoms with Crippen molar-refractivity contribution in [2.45, 2.75) is 39.8 Å². The Bertz CT molecular complexity index is 994. The van der Waals surface area contributed by atoms with Crippen molar-refractivity contribution in [1.82, 2.24) is 10.6 Å². The Kier molecular flexibility index (Phi) is 7.17. The zero-order chi connectivity index (χ0) is 23.4. The molecule has 0 saturated heterocycles. The standard InChI is InChI=1S/C24H28N4O4/c1-13(2)25-11-19(29)27-17-9-5-7-15-21(17)24(32)22-16(23(15)31)8-6-10-18(22)28-20(30)12-26-14(3)4/h5-10,13-14,25-26H,11-12H2,1-4H3,(H,27,29)(H,28,30). The second-order valence-corrected chi connectivity index (χ2v) is 8.28. The van der Waals surface area contributed by atoms with Crippen LogP contribution in [-0.4, -0.2) is 48.6 Å². The van der Waals surface area contributed by atoms with Gasteiger partial charge in [-0.25, -0.2) is 0 Å². The van der Waals surface area contributed by atoms with Crippen LogP contribution in [0, 0.1) is 0 Å². The predicted octanol–water partition coefficient (Wildman–Crippen LogP) is 2.33. The second kappa shape index (κ2) is 9.84. The molecule has 2 amide bonds. The van der Waals surface area contributed by atoms with E-state index in [0.717, 1.165) is 0 Å². The van der Waals surface area contributed by atoms with Crippen LogP contribution in [0.3, 0.4) is 0 Å². The molecule has 0 fully saturated rings. The van der Waals surface area contributed by atoms with Crippen molar-refractivity contribution < 1.29 is 19.2 Å². The van der Waals surface area contributed by atoms with Crippen LogP contribution in [0.15, 0.2) is 36.4 Å². The molecule has 0 aliphatic heterocycles. The number of carbonyl (C=O) groups is 4. The Labute approximate surface area is 187 Å². The van der Waals surface area contributed by atoms with Gasteiger partial charge in [0.05, 0.1) is 35.6 Å². The lowest BCUT2D eigenvalue weighted by atomic mass is 9.82. The van der Waals surface area contributed by atoms with Gasteiger partial charge in [-0.05, 0) is 12.1 Å².